The van der Waals surface area contributed by atoms with Gasteiger partial charge < -0.3 is 30.2 Å². The van der Waals surface area contributed by atoms with Crippen molar-refractivity contribution in [2.45, 2.75) is 0 Å². The number of benzene rings is 3. The number of hydrogen-bond donors (Lipinski definition) is 3. The summed E-state index contributed by atoms with van der Waals surface area (Å²) < 4.78 is 16.3. The van der Waals surface area contributed by atoms with Crippen molar-refractivity contribution in [1.29, 1.82) is 0 Å². The molecule has 0 fully saturated rings. The minimum absolute atomic E-state index is 0.544. The number of halogens is 1. The van der Waals surface area contributed by atoms with E-state index in [1.807, 2.05) is 48.5 Å². The Morgan fingerprint density at radius 3 is 2.27 bits per heavy atom. The number of hydrogen-bond acceptors (Lipinski definition) is 5. The van der Waals surface area contributed by atoms with Gasteiger partial charge in [-0.05, 0) is 23.8 Å². The van der Waals surface area contributed by atoms with Crippen LogP contribution in [-0.4, -0.2) is 26.3 Å². The van der Waals surface area contributed by atoms with Crippen molar-refractivity contribution in [2.75, 3.05) is 32.4 Å². The molecule has 0 saturated carbocycles. The van der Waals surface area contributed by atoms with E-state index in [4.69, 9.17) is 31.5 Å². The van der Waals surface area contributed by atoms with Crippen LogP contribution in [-0.2, 0) is 0 Å². The van der Waals surface area contributed by atoms with Gasteiger partial charge in [-0.15, -0.1) is 0 Å². The third-order valence-corrected chi connectivity index (χ3v) is 5.25. The van der Waals surface area contributed by atoms with E-state index in [-0.39, 0.29) is 0 Å². The van der Waals surface area contributed by atoms with Gasteiger partial charge in [0.1, 0.15) is 5.82 Å². The number of H-pyrrole nitrogens is 1. The first-order chi connectivity index (χ1) is 14.5. The zero-order valence-electron chi connectivity index (χ0n) is 16.9. The summed E-state index contributed by atoms with van der Waals surface area (Å²) in [4.78, 5) is 3.45. The van der Waals surface area contributed by atoms with Crippen molar-refractivity contribution in [2.24, 2.45) is 0 Å². The highest BCUT2D eigenvalue weighted by atomic mass is 35.5. The predicted molar refractivity (Wildman–Crippen MR) is 123 cm³/mol. The van der Waals surface area contributed by atoms with Crippen LogP contribution in [0, 0.1) is 0 Å². The Morgan fingerprint density at radius 1 is 0.900 bits per heavy atom. The number of anilines is 3. The van der Waals surface area contributed by atoms with E-state index in [0.29, 0.717) is 28.0 Å². The molecule has 0 amide bonds. The topological polar surface area (TPSA) is 81.5 Å². The molecule has 0 unspecified atom stereocenters. The molecule has 0 aliphatic heterocycles. The first-order valence-corrected chi connectivity index (χ1v) is 9.66. The third-order valence-electron chi connectivity index (χ3n) is 4.91. The average molecular weight is 424 g/mol. The van der Waals surface area contributed by atoms with Gasteiger partial charge in [-0.1, -0.05) is 35.9 Å². The predicted octanol–water partition coefficient (Wildman–Crippen LogP) is 5.84. The van der Waals surface area contributed by atoms with E-state index >= 15 is 0 Å². The number of nitrogen functional groups attached to an aromatic ring is 1. The van der Waals surface area contributed by atoms with Crippen molar-refractivity contribution in [3.8, 4) is 28.4 Å². The lowest BCUT2D eigenvalue weighted by Gasteiger charge is -2.14. The molecule has 1 heterocycles. The summed E-state index contributed by atoms with van der Waals surface area (Å²) in [6, 6.07) is 17.5. The van der Waals surface area contributed by atoms with Crippen molar-refractivity contribution in [3.05, 3.63) is 59.6 Å². The van der Waals surface area contributed by atoms with Crippen LogP contribution in [0.3, 0.4) is 0 Å². The van der Waals surface area contributed by atoms with Crippen molar-refractivity contribution < 1.29 is 14.2 Å². The van der Waals surface area contributed by atoms with E-state index in [9.17, 15) is 0 Å². The number of nitrogens with two attached hydrogens (primary N) is 1. The van der Waals surface area contributed by atoms with Crippen molar-refractivity contribution in [1.82, 2.24) is 4.98 Å². The quantitative estimate of drug-likeness (QED) is 0.339. The Hall–Kier alpha value is -3.51. The summed E-state index contributed by atoms with van der Waals surface area (Å²) >= 11 is 6.08. The van der Waals surface area contributed by atoms with E-state index in [0.717, 1.165) is 33.5 Å². The summed E-state index contributed by atoms with van der Waals surface area (Å²) in [7, 11) is 4.76. The monoisotopic (exact) mass is 423 g/mol. The molecule has 4 aromatic rings. The van der Waals surface area contributed by atoms with Gasteiger partial charge in [0.15, 0.2) is 11.5 Å². The normalized spacial score (nSPS) is 10.8. The van der Waals surface area contributed by atoms with Crippen LogP contribution in [0.4, 0.5) is 17.2 Å². The van der Waals surface area contributed by atoms with Crippen LogP contribution in [0.15, 0.2) is 54.6 Å². The summed E-state index contributed by atoms with van der Waals surface area (Å²) in [5, 5.41) is 4.99. The maximum absolute atomic E-state index is 6.08. The zero-order chi connectivity index (χ0) is 21.3. The minimum atomic E-state index is 0.544. The average Bonchev–Trinajstić information content (AvgIpc) is 3.17. The lowest BCUT2D eigenvalue weighted by molar-refractivity contribution is 0.324. The van der Waals surface area contributed by atoms with Gasteiger partial charge in [0.25, 0.3) is 0 Å². The Morgan fingerprint density at radius 2 is 1.63 bits per heavy atom. The van der Waals surface area contributed by atoms with Crippen molar-refractivity contribution >= 4 is 39.7 Å². The number of ether oxygens (including phenoxy) is 3. The molecule has 154 valence electrons. The van der Waals surface area contributed by atoms with Crippen LogP contribution >= 0.6 is 11.6 Å². The molecule has 0 bridgehead atoms. The number of nitrogens with one attached hydrogen (secondary N) is 2. The molecular weight excluding hydrogens is 402 g/mol. The van der Waals surface area contributed by atoms with Crippen LogP contribution in [0.5, 0.6) is 17.2 Å². The summed E-state index contributed by atoms with van der Waals surface area (Å²) in [5.74, 6) is 2.53. The summed E-state index contributed by atoms with van der Waals surface area (Å²) in [6.07, 6.45) is 0. The van der Waals surface area contributed by atoms with Gasteiger partial charge in [0.2, 0.25) is 5.75 Å². The van der Waals surface area contributed by atoms with Crippen LogP contribution in [0.1, 0.15) is 0 Å². The number of aromatic nitrogens is 1. The Balaban J connectivity index is 1.74. The highest BCUT2D eigenvalue weighted by molar-refractivity contribution is 6.33. The largest absolute Gasteiger partial charge is 0.493 e. The van der Waals surface area contributed by atoms with Gasteiger partial charge >= 0.3 is 0 Å². The van der Waals surface area contributed by atoms with Gasteiger partial charge in [0, 0.05) is 28.8 Å². The Bertz CT molecular complexity index is 1190. The molecule has 1 aromatic heterocycles. The first kappa shape index (κ1) is 19.8. The lowest BCUT2D eigenvalue weighted by atomic mass is 10.0. The third kappa shape index (κ3) is 3.57. The van der Waals surface area contributed by atoms with E-state index in [1.54, 1.807) is 21.3 Å². The second-order valence-electron chi connectivity index (χ2n) is 6.73. The van der Waals surface area contributed by atoms with E-state index < -0.39 is 0 Å². The van der Waals surface area contributed by atoms with Crippen LogP contribution in [0.25, 0.3) is 22.0 Å². The maximum atomic E-state index is 6.08. The molecule has 0 aliphatic rings. The molecule has 0 saturated heterocycles. The second-order valence-corrected chi connectivity index (χ2v) is 7.14. The number of rotatable bonds is 6. The molecule has 0 radical (unpaired) electrons. The number of para-hydroxylation sites is 1. The van der Waals surface area contributed by atoms with E-state index in [1.165, 1.54) is 0 Å². The molecule has 4 rings (SSSR count). The molecule has 4 N–H and O–H groups in total. The molecule has 6 nitrogen and oxygen atoms in total. The smallest absolute Gasteiger partial charge is 0.203 e. The molecule has 0 atom stereocenters. The van der Waals surface area contributed by atoms with Gasteiger partial charge in [-0.25, -0.2) is 0 Å². The van der Waals surface area contributed by atoms with Crippen LogP contribution < -0.4 is 25.3 Å². The van der Waals surface area contributed by atoms with Crippen LogP contribution in [0.2, 0.25) is 5.02 Å². The first-order valence-electron chi connectivity index (χ1n) is 9.28. The number of fused-ring (bicyclic) bond motifs is 1. The van der Waals surface area contributed by atoms with Gasteiger partial charge in [0.05, 0.1) is 37.6 Å². The second kappa shape index (κ2) is 8.08. The fraction of sp³-hybridized carbons (Fsp3) is 0.130. The molecule has 7 heteroatoms. The maximum Gasteiger partial charge on any atom is 0.203 e. The molecule has 30 heavy (non-hydrogen) atoms. The molecule has 3 aromatic carbocycles. The number of methoxy groups -OCH3 is 3. The highest BCUT2D eigenvalue weighted by Gasteiger charge is 2.14. The number of aromatic amines is 1. The lowest BCUT2D eigenvalue weighted by Crippen LogP contribution is -1.98. The minimum Gasteiger partial charge on any atom is -0.493 e. The SMILES string of the molecule is COc1cc(Nc2cc3cccc(-c4ccc(Cl)c(N)c4)c3[nH]2)cc(OC)c1OC. The summed E-state index contributed by atoms with van der Waals surface area (Å²) in [5.41, 5.74) is 10.4. The highest BCUT2D eigenvalue weighted by Crippen LogP contribution is 2.41. The Kier molecular flexibility index (Phi) is 5.33. The zero-order valence-corrected chi connectivity index (χ0v) is 17.6. The molecular formula is C23H22ClN3O3. The summed E-state index contributed by atoms with van der Waals surface area (Å²) in [6.45, 7) is 0. The van der Waals surface area contributed by atoms with E-state index in [2.05, 4.69) is 16.4 Å². The fourth-order valence-electron chi connectivity index (χ4n) is 3.48. The standard InChI is InChI=1S/C23H22ClN3O3/c1-28-19-11-15(12-20(29-2)23(19)30-3)26-21-10-14-5-4-6-16(22(14)27-21)13-7-8-17(24)18(25)9-13/h4-12,26-27H,25H2,1-3H3. The van der Waals surface area contributed by atoms with Gasteiger partial charge in [-0.3, -0.25) is 0 Å². The molecule has 0 spiro atoms. The molecule has 0 aliphatic carbocycles. The Labute approximate surface area is 179 Å². The fourth-order valence-corrected chi connectivity index (χ4v) is 3.60. The van der Waals surface area contributed by atoms with Crippen molar-refractivity contribution in [3.63, 3.8) is 0 Å². The van der Waals surface area contributed by atoms with Gasteiger partial charge in [-0.2, -0.15) is 0 Å².